The van der Waals surface area contributed by atoms with E-state index in [1.54, 1.807) is 0 Å². The lowest BCUT2D eigenvalue weighted by molar-refractivity contribution is 0.280. The van der Waals surface area contributed by atoms with E-state index in [1.807, 2.05) is 13.0 Å². The summed E-state index contributed by atoms with van der Waals surface area (Å²) >= 11 is 6.22. The van der Waals surface area contributed by atoms with E-state index in [-0.39, 0.29) is 5.54 Å². The van der Waals surface area contributed by atoms with Crippen LogP contribution in [-0.4, -0.2) is 36.1 Å². The average Bonchev–Trinajstić information content (AvgIpc) is 2.98. The van der Waals surface area contributed by atoms with Gasteiger partial charge in [-0.05, 0) is 50.4 Å². The van der Waals surface area contributed by atoms with Gasteiger partial charge in [-0.3, -0.25) is 4.90 Å². The first-order valence-electron chi connectivity index (χ1n) is 7.13. The number of rotatable bonds is 3. The van der Waals surface area contributed by atoms with Crippen molar-refractivity contribution in [1.29, 1.82) is 0 Å². The van der Waals surface area contributed by atoms with Crippen molar-refractivity contribution < 1.29 is 0 Å². The number of anilines is 1. The van der Waals surface area contributed by atoms with Crippen molar-refractivity contribution in [3.05, 3.63) is 28.8 Å². The van der Waals surface area contributed by atoms with Gasteiger partial charge in [0, 0.05) is 29.8 Å². The Balaban J connectivity index is 1.85. The van der Waals surface area contributed by atoms with Gasteiger partial charge in [0.1, 0.15) is 0 Å². The Hall–Kier alpha value is -0.770. The molecule has 2 aliphatic rings. The van der Waals surface area contributed by atoms with E-state index < -0.39 is 0 Å². The first-order valence-corrected chi connectivity index (χ1v) is 7.51. The minimum Gasteiger partial charge on any atom is -0.377 e. The second-order valence-electron chi connectivity index (χ2n) is 5.89. The van der Waals surface area contributed by atoms with E-state index >= 15 is 0 Å². The first-order chi connectivity index (χ1) is 9.14. The number of aryl methyl sites for hydroxylation is 1. The predicted octanol–water partition coefficient (Wildman–Crippen LogP) is 2.63. The lowest BCUT2D eigenvalue weighted by atomic mass is 9.88. The van der Waals surface area contributed by atoms with Crippen LogP contribution < -0.4 is 11.1 Å². The van der Waals surface area contributed by atoms with Crippen molar-refractivity contribution in [2.75, 3.05) is 25.0 Å². The van der Waals surface area contributed by atoms with Crippen molar-refractivity contribution in [2.24, 2.45) is 5.73 Å². The van der Waals surface area contributed by atoms with Gasteiger partial charge in [0.05, 0.1) is 5.54 Å². The summed E-state index contributed by atoms with van der Waals surface area (Å²) in [6.45, 7) is 5.09. The molecule has 0 amide bonds. The highest BCUT2D eigenvalue weighted by molar-refractivity contribution is 6.31. The molecule has 2 unspecified atom stereocenters. The van der Waals surface area contributed by atoms with Gasteiger partial charge in [-0.15, -0.1) is 0 Å². The molecule has 1 aromatic carbocycles. The van der Waals surface area contributed by atoms with Gasteiger partial charge in [0.15, 0.2) is 0 Å². The van der Waals surface area contributed by atoms with Crippen LogP contribution in [0.5, 0.6) is 0 Å². The van der Waals surface area contributed by atoms with Crippen LogP contribution in [0, 0.1) is 6.92 Å². The van der Waals surface area contributed by atoms with Crippen molar-refractivity contribution in [3.8, 4) is 0 Å². The number of halogens is 1. The first kappa shape index (κ1) is 13.2. The molecule has 4 heteroatoms. The maximum atomic E-state index is 6.22. The summed E-state index contributed by atoms with van der Waals surface area (Å²) in [6, 6.07) is 6.77. The summed E-state index contributed by atoms with van der Waals surface area (Å²) in [4.78, 5) is 2.58. The number of fused-ring (bicyclic) bond motifs is 1. The lowest BCUT2D eigenvalue weighted by Crippen LogP contribution is -2.53. The molecule has 0 spiro atoms. The van der Waals surface area contributed by atoms with Crippen LogP contribution in [-0.2, 0) is 0 Å². The van der Waals surface area contributed by atoms with Gasteiger partial charge in [0.2, 0.25) is 0 Å². The Morgan fingerprint density at radius 2 is 2.32 bits per heavy atom. The smallest absolute Gasteiger partial charge is 0.0662 e. The zero-order valence-corrected chi connectivity index (χ0v) is 12.2. The molecule has 0 aliphatic carbocycles. The molecule has 2 heterocycles. The van der Waals surface area contributed by atoms with Crippen LogP contribution in [0.4, 0.5) is 5.69 Å². The molecule has 19 heavy (non-hydrogen) atoms. The third kappa shape index (κ3) is 2.24. The maximum Gasteiger partial charge on any atom is 0.0662 e. The largest absolute Gasteiger partial charge is 0.377 e. The average molecular weight is 280 g/mol. The minimum atomic E-state index is 0.0229. The monoisotopic (exact) mass is 279 g/mol. The van der Waals surface area contributed by atoms with Crippen LogP contribution in [0.1, 0.15) is 24.8 Å². The molecule has 104 valence electrons. The van der Waals surface area contributed by atoms with E-state index in [9.17, 15) is 0 Å². The molecule has 2 aliphatic heterocycles. The van der Waals surface area contributed by atoms with E-state index in [4.69, 9.17) is 17.3 Å². The normalized spacial score (nSPS) is 30.6. The second kappa shape index (κ2) is 4.97. The Morgan fingerprint density at radius 3 is 3.05 bits per heavy atom. The molecule has 0 saturated carbocycles. The number of nitrogens with one attached hydrogen (secondary N) is 1. The van der Waals surface area contributed by atoms with Crippen molar-refractivity contribution >= 4 is 17.3 Å². The fourth-order valence-electron chi connectivity index (χ4n) is 3.62. The highest BCUT2D eigenvalue weighted by atomic mass is 35.5. The number of hydrogen-bond donors (Lipinski definition) is 2. The van der Waals surface area contributed by atoms with Gasteiger partial charge in [-0.1, -0.05) is 17.7 Å². The van der Waals surface area contributed by atoms with Crippen molar-refractivity contribution in [1.82, 2.24) is 4.90 Å². The molecule has 3 N–H and O–H groups in total. The van der Waals surface area contributed by atoms with Crippen LogP contribution in [0.3, 0.4) is 0 Å². The summed E-state index contributed by atoms with van der Waals surface area (Å²) in [5, 5.41) is 4.51. The third-order valence-corrected chi connectivity index (χ3v) is 5.18. The molecule has 1 aromatic rings. The van der Waals surface area contributed by atoms with Crippen LogP contribution in [0.2, 0.25) is 5.02 Å². The molecule has 3 rings (SSSR count). The molecule has 2 fully saturated rings. The zero-order valence-electron chi connectivity index (χ0n) is 11.5. The van der Waals surface area contributed by atoms with Crippen molar-refractivity contribution in [2.45, 2.75) is 37.8 Å². The van der Waals surface area contributed by atoms with Gasteiger partial charge in [0.25, 0.3) is 0 Å². The number of nitrogens with zero attached hydrogens (tertiary/aromatic N) is 1. The Bertz CT molecular complexity index is 476. The fraction of sp³-hybridized carbons (Fsp3) is 0.600. The Labute approximate surface area is 120 Å². The third-order valence-electron chi connectivity index (χ3n) is 4.78. The van der Waals surface area contributed by atoms with E-state index in [1.165, 1.54) is 19.4 Å². The Kier molecular flexibility index (Phi) is 3.46. The molecule has 0 bridgehead atoms. The highest BCUT2D eigenvalue weighted by Crippen LogP contribution is 2.38. The van der Waals surface area contributed by atoms with Crippen molar-refractivity contribution in [3.63, 3.8) is 0 Å². The minimum absolute atomic E-state index is 0.0229. The summed E-state index contributed by atoms with van der Waals surface area (Å²) in [5.41, 5.74) is 8.35. The quantitative estimate of drug-likeness (QED) is 0.894. The molecule has 2 atom stereocenters. The van der Waals surface area contributed by atoms with Gasteiger partial charge < -0.3 is 11.1 Å². The lowest BCUT2D eigenvalue weighted by Gasteiger charge is -2.36. The second-order valence-corrected chi connectivity index (χ2v) is 6.30. The number of nitrogens with two attached hydrogens (primary N) is 1. The predicted molar refractivity (Wildman–Crippen MR) is 80.8 cm³/mol. The Morgan fingerprint density at radius 1 is 1.47 bits per heavy atom. The van der Waals surface area contributed by atoms with Crippen LogP contribution in [0.25, 0.3) is 0 Å². The van der Waals surface area contributed by atoms with Crippen LogP contribution >= 0.6 is 11.6 Å². The van der Waals surface area contributed by atoms with E-state index in [2.05, 4.69) is 22.3 Å². The zero-order chi connectivity index (χ0) is 13.5. The summed E-state index contributed by atoms with van der Waals surface area (Å²) in [7, 11) is 0. The molecule has 0 aromatic heterocycles. The van der Waals surface area contributed by atoms with Crippen LogP contribution in [0.15, 0.2) is 18.2 Å². The topological polar surface area (TPSA) is 41.3 Å². The van der Waals surface area contributed by atoms with Gasteiger partial charge in [-0.25, -0.2) is 0 Å². The summed E-state index contributed by atoms with van der Waals surface area (Å²) in [6.07, 6.45) is 3.67. The highest BCUT2D eigenvalue weighted by Gasteiger charge is 2.48. The summed E-state index contributed by atoms with van der Waals surface area (Å²) < 4.78 is 0. The molecule has 2 saturated heterocycles. The molecule has 0 radical (unpaired) electrons. The van der Waals surface area contributed by atoms with Gasteiger partial charge in [-0.2, -0.15) is 0 Å². The number of hydrogen-bond acceptors (Lipinski definition) is 3. The molecule has 3 nitrogen and oxygen atoms in total. The van der Waals surface area contributed by atoms with E-state index in [0.29, 0.717) is 12.6 Å². The standard InChI is InChI=1S/C15H22ClN3/c1-11-4-5-12(9-13(11)16)18-15(10-17)6-8-19-7-2-3-14(15)19/h4-5,9,14,18H,2-3,6-8,10,17H2,1H3. The summed E-state index contributed by atoms with van der Waals surface area (Å²) in [5.74, 6) is 0. The number of benzene rings is 1. The van der Waals surface area contributed by atoms with E-state index in [0.717, 1.165) is 29.2 Å². The van der Waals surface area contributed by atoms with Gasteiger partial charge >= 0.3 is 0 Å². The fourth-order valence-corrected chi connectivity index (χ4v) is 3.80. The maximum absolute atomic E-state index is 6.22. The SMILES string of the molecule is Cc1ccc(NC2(CN)CCN3CCCC32)cc1Cl. The molecular formula is C15H22ClN3. The molecular weight excluding hydrogens is 258 g/mol.